The molecular weight excluding hydrogens is 216 g/mol. The molecule has 1 aromatic rings. The Morgan fingerprint density at radius 1 is 1.53 bits per heavy atom. The lowest BCUT2D eigenvalue weighted by atomic mass is 9.88. The molecule has 94 valence electrons. The van der Waals surface area contributed by atoms with E-state index in [9.17, 15) is 0 Å². The molecule has 0 saturated carbocycles. The second-order valence-electron chi connectivity index (χ2n) is 5.26. The van der Waals surface area contributed by atoms with E-state index in [1.54, 1.807) is 6.33 Å². The highest BCUT2D eigenvalue weighted by Gasteiger charge is 2.24. The molecule has 1 aliphatic rings. The van der Waals surface area contributed by atoms with Gasteiger partial charge in [-0.2, -0.15) is 0 Å². The zero-order chi connectivity index (χ0) is 12.5. The van der Waals surface area contributed by atoms with Gasteiger partial charge in [0.1, 0.15) is 12.2 Å². The first kappa shape index (κ1) is 12.0. The summed E-state index contributed by atoms with van der Waals surface area (Å²) >= 11 is 0. The predicted octanol–water partition coefficient (Wildman–Crippen LogP) is 0.446. The molecule has 0 atom stereocenters. The summed E-state index contributed by atoms with van der Waals surface area (Å²) < 4.78 is 2.09. The van der Waals surface area contributed by atoms with Gasteiger partial charge in [-0.3, -0.25) is 10.3 Å². The van der Waals surface area contributed by atoms with E-state index in [1.165, 1.54) is 0 Å². The first-order valence-electron chi connectivity index (χ1n) is 5.92. The van der Waals surface area contributed by atoms with Crippen LogP contribution in [0.3, 0.4) is 0 Å². The molecular formula is C11H20N6. The van der Waals surface area contributed by atoms with Gasteiger partial charge >= 0.3 is 0 Å². The second kappa shape index (κ2) is 4.44. The minimum atomic E-state index is -0.217. The number of hydrogen-bond donors (Lipinski definition) is 2. The van der Waals surface area contributed by atoms with E-state index < -0.39 is 0 Å². The first-order chi connectivity index (χ1) is 7.99. The Bertz CT molecular complexity index is 408. The third kappa shape index (κ3) is 2.63. The first-order valence-corrected chi connectivity index (χ1v) is 5.92. The van der Waals surface area contributed by atoms with Crippen molar-refractivity contribution in [2.75, 3.05) is 13.1 Å². The van der Waals surface area contributed by atoms with Gasteiger partial charge in [-0.15, -0.1) is 10.2 Å². The standard InChI is InChI=1S/C11H20N6/c1-11(2,10(12)13)3-4-16-5-6-17-8-14-15-9(17)7-16/h8H,3-7H2,1-2H3,(H3,12,13). The molecule has 17 heavy (non-hydrogen) atoms. The van der Waals surface area contributed by atoms with Crippen LogP contribution in [-0.2, 0) is 13.1 Å². The van der Waals surface area contributed by atoms with E-state index in [0.29, 0.717) is 0 Å². The van der Waals surface area contributed by atoms with Crippen molar-refractivity contribution < 1.29 is 0 Å². The molecule has 1 aliphatic heterocycles. The average molecular weight is 236 g/mol. The summed E-state index contributed by atoms with van der Waals surface area (Å²) in [5.41, 5.74) is 5.37. The molecule has 0 fully saturated rings. The topological polar surface area (TPSA) is 83.8 Å². The van der Waals surface area contributed by atoms with Crippen molar-refractivity contribution >= 4 is 5.84 Å². The number of nitrogens with zero attached hydrogens (tertiary/aromatic N) is 4. The molecule has 3 N–H and O–H groups in total. The highest BCUT2D eigenvalue weighted by atomic mass is 15.3. The number of nitrogens with two attached hydrogens (primary N) is 1. The summed E-state index contributed by atoms with van der Waals surface area (Å²) in [6.45, 7) is 7.78. The van der Waals surface area contributed by atoms with E-state index in [-0.39, 0.29) is 11.3 Å². The second-order valence-corrected chi connectivity index (χ2v) is 5.26. The van der Waals surface area contributed by atoms with E-state index >= 15 is 0 Å². The van der Waals surface area contributed by atoms with Crippen LogP contribution in [0, 0.1) is 10.8 Å². The van der Waals surface area contributed by atoms with Gasteiger partial charge in [-0.25, -0.2) is 0 Å². The number of fused-ring (bicyclic) bond motifs is 1. The SMILES string of the molecule is CC(C)(CCN1CCn2cnnc2C1)C(=N)N. The van der Waals surface area contributed by atoms with Gasteiger partial charge in [0.05, 0.1) is 12.4 Å². The number of nitrogens with one attached hydrogen (secondary N) is 1. The Morgan fingerprint density at radius 2 is 2.29 bits per heavy atom. The van der Waals surface area contributed by atoms with Crippen LogP contribution in [0.4, 0.5) is 0 Å². The fraction of sp³-hybridized carbons (Fsp3) is 0.727. The molecule has 6 heteroatoms. The summed E-state index contributed by atoms with van der Waals surface area (Å²) in [7, 11) is 0. The van der Waals surface area contributed by atoms with Gasteiger partial charge in [0.2, 0.25) is 0 Å². The molecule has 2 rings (SSSR count). The molecule has 0 amide bonds. The summed E-state index contributed by atoms with van der Waals surface area (Å²) in [5, 5.41) is 15.5. The van der Waals surface area contributed by atoms with Crippen LogP contribution in [0.1, 0.15) is 26.1 Å². The third-order valence-corrected chi connectivity index (χ3v) is 3.50. The molecule has 0 aromatic carbocycles. The minimum Gasteiger partial charge on any atom is -0.387 e. The lowest BCUT2D eigenvalue weighted by molar-refractivity contribution is 0.197. The van der Waals surface area contributed by atoms with Crippen molar-refractivity contribution in [3.05, 3.63) is 12.2 Å². The summed E-state index contributed by atoms with van der Waals surface area (Å²) in [6, 6.07) is 0. The number of rotatable bonds is 4. The highest BCUT2D eigenvalue weighted by molar-refractivity contribution is 5.82. The largest absolute Gasteiger partial charge is 0.387 e. The van der Waals surface area contributed by atoms with E-state index in [0.717, 1.165) is 38.4 Å². The lowest BCUT2D eigenvalue weighted by Gasteiger charge is -2.30. The quantitative estimate of drug-likeness (QED) is 0.587. The zero-order valence-corrected chi connectivity index (χ0v) is 10.5. The summed E-state index contributed by atoms with van der Waals surface area (Å²) in [5.74, 6) is 1.29. The molecule has 6 nitrogen and oxygen atoms in total. The van der Waals surface area contributed by atoms with Gasteiger partial charge in [0.15, 0.2) is 0 Å². The lowest BCUT2D eigenvalue weighted by Crippen LogP contribution is -2.38. The van der Waals surface area contributed by atoms with E-state index in [4.69, 9.17) is 11.1 Å². The Morgan fingerprint density at radius 3 is 3.00 bits per heavy atom. The van der Waals surface area contributed by atoms with Gasteiger partial charge in [0.25, 0.3) is 0 Å². The van der Waals surface area contributed by atoms with Crippen LogP contribution in [0.5, 0.6) is 0 Å². The monoisotopic (exact) mass is 236 g/mol. The van der Waals surface area contributed by atoms with E-state index in [2.05, 4.69) is 19.7 Å². The zero-order valence-electron chi connectivity index (χ0n) is 10.5. The van der Waals surface area contributed by atoms with Gasteiger partial charge in [-0.1, -0.05) is 13.8 Å². The van der Waals surface area contributed by atoms with Gasteiger partial charge in [0, 0.05) is 18.5 Å². The summed E-state index contributed by atoms with van der Waals surface area (Å²) in [6.07, 6.45) is 2.68. The van der Waals surface area contributed by atoms with Crippen LogP contribution in [0.2, 0.25) is 0 Å². The van der Waals surface area contributed by atoms with Crippen molar-refractivity contribution in [2.24, 2.45) is 11.1 Å². The predicted molar refractivity (Wildman–Crippen MR) is 65.6 cm³/mol. The Kier molecular flexibility index (Phi) is 3.15. The minimum absolute atomic E-state index is 0.217. The Balaban J connectivity index is 1.88. The van der Waals surface area contributed by atoms with E-state index in [1.807, 2.05) is 13.8 Å². The maximum atomic E-state index is 7.54. The number of hydrogen-bond acceptors (Lipinski definition) is 4. The fourth-order valence-corrected chi connectivity index (χ4v) is 1.88. The highest BCUT2D eigenvalue weighted by Crippen LogP contribution is 2.21. The molecule has 0 radical (unpaired) electrons. The molecule has 0 saturated heterocycles. The van der Waals surface area contributed by atoms with Gasteiger partial charge in [-0.05, 0) is 13.0 Å². The van der Waals surface area contributed by atoms with Crippen LogP contribution in [0.15, 0.2) is 6.33 Å². The van der Waals surface area contributed by atoms with Crippen molar-refractivity contribution in [3.63, 3.8) is 0 Å². The molecule has 1 aromatic heterocycles. The molecule has 2 heterocycles. The molecule has 0 spiro atoms. The van der Waals surface area contributed by atoms with Crippen LogP contribution in [-0.4, -0.2) is 38.6 Å². The molecule has 0 unspecified atom stereocenters. The van der Waals surface area contributed by atoms with Crippen molar-refractivity contribution in [3.8, 4) is 0 Å². The van der Waals surface area contributed by atoms with Crippen LogP contribution in [0.25, 0.3) is 0 Å². The van der Waals surface area contributed by atoms with Gasteiger partial charge < -0.3 is 10.3 Å². The Labute approximate surface area is 101 Å². The fourth-order valence-electron chi connectivity index (χ4n) is 1.88. The number of aromatic nitrogens is 3. The van der Waals surface area contributed by atoms with Crippen molar-refractivity contribution in [2.45, 2.75) is 33.4 Å². The maximum absolute atomic E-state index is 7.54. The van der Waals surface area contributed by atoms with Crippen molar-refractivity contribution in [1.82, 2.24) is 19.7 Å². The van der Waals surface area contributed by atoms with Crippen molar-refractivity contribution in [1.29, 1.82) is 5.41 Å². The molecule has 0 aliphatic carbocycles. The summed E-state index contributed by atoms with van der Waals surface area (Å²) in [4.78, 5) is 2.34. The third-order valence-electron chi connectivity index (χ3n) is 3.50. The van der Waals surface area contributed by atoms with Crippen LogP contribution < -0.4 is 5.73 Å². The smallest absolute Gasteiger partial charge is 0.147 e. The maximum Gasteiger partial charge on any atom is 0.147 e. The number of amidine groups is 1. The van der Waals surface area contributed by atoms with Crippen LogP contribution >= 0.6 is 0 Å². The normalized spacial score (nSPS) is 16.8. The molecule has 0 bridgehead atoms. The Hall–Kier alpha value is -1.43. The average Bonchev–Trinajstić information content (AvgIpc) is 2.73.